The van der Waals surface area contributed by atoms with Gasteiger partial charge in [0.25, 0.3) is 0 Å². The zero-order valence-electron chi connectivity index (χ0n) is 13.1. The molecule has 1 aliphatic rings. The summed E-state index contributed by atoms with van der Waals surface area (Å²) in [5.41, 5.74) is 3.85. The van der Waals surface area contributed by atoms with Crippen LogP contribution < -0.4 is 11.0 Å². The molecule has 2 heterocycles. The quantitative estimate of drug-likeness (QED) is 0.782. The number of aromatic nitrogens is 2. The van der Waals surface area contributed by atoms with E-state index in [1.807, 2.05) is 53.1 Å². The minimum absolute atomic E-state index is 0.0165. The Morgan fingerprint density at radius 1 is 1.13 bits per heavy atom. The van der Waals surface area contributed by atoms with Gasteiger partial charge in [-0.05, 0) is 50.3 Å². The number of likely N-dealkylation sites (N-methyl/N-ethyl adjacent to an activating group) is 1. The largest absolute Gasteiger partial charge is 0.355 e. The van der Waals surface area contributed by atoms with E-state index in [9.17, 15) is 4.79 Å². The van der Waals surface area contributed by atoms with Gasteiger partial charge >= 0.3 is 5.69 Å². The number of para-hydroxylation sites is 1. The summed E-state index contributed by atoms with van der Waals surface area (Å²) in [6, 6.07) is 16.3. The number of aromatic amines is 1. The van der Waals surface area contributed by atoms with Gasteiger partial charge in [-0.1, -0.05) is 18.2 Å². The fourth-order valence-electron chi connectivity index (χ4n) is 3.38. The van der Waals surface area contributed by atoms with E-state index >= 15 is 0 Å². The van der Waals surface area contributed by atoms with Crippen LogP contribution >= 0.6 is 0 Å². The number of anilines is 2. The standard InChI is InChI=1S/C18H20N4O/c1-21-10-9-15(12-21)22-17-8-7-14(11-16(17)20-18(22)23)19-13-5-3-2-4-6-13/h2-8,11,15,19H,9-10,12H2,1H3,(H,20,23). The number of nitrogens with one attached hydrogen (secondary N) is 2. The molecular weight excluding hydrogens is 288 g/mol. The van der Waals surface area contributed by atoms with Gasteiger partial charge in [0.1, 0.15) is 0 Å². The van der Waals surface area contributed by atoms with Crippen LogP contribution in [0, 0.1) is 0 Å². The minimum Gasteiger partial charge on any atom is -0.355 e. The Balaban J connectivity index is 1.69. The number of nitrogens with zero attached hydrogens (tertiary/aromatic N) is 2. The van der Waals surface area contributed by atoms with Crippen molar-refractivity contribution in [3.8, 4) is 0 Å². The second-order valence-electron chi connectivity index (χ2n) is 6.23. The predicted octanol–water partition coefficient (Wildman–Crippen LogP) is 2.95. The van der Waals surface area contributed by atoms with Crippen molar-refractivity contribution >= 4 is 22.4 Å². The van der Waals surface area contributed by atoms with Crippen molar-refractivity contribution in [2.24, 2.45) is 0 Å². The second kappa shape index (κ2) is 5.59. The number of rotatable bonds is 3. The van der Waals surface area contributed by atoms with Crippen LogP contribution in [0.15, 0.2) is 53.3 Å². The Morgan fingerprint density at radius 2 is 1.96 bits per heavy atom. The predicted molar refractivity (Wildman–Crippen MR) is 93.4 cm³/mol. The van der Waals surface area contributed by atoms with Gasteiger partial charge < -0.3 is 15.2 Å². The number of imidazole rings is 1. The zero-order valence-corrected chi connectivity index (χ0v) is 13.1. The summed E-state index contributed by atoms with van der Waals surface area (Å²) < 4.78 is 1.91. The third-order valence-electron chi connectivity index (χ3n) is 4.51. The molecule has 1 unspecified atom stereocenters. The lowest BCUT2D eigenvalue weighted by Crippen LogP contribution is -2.24. The van der Waals surface area contributed by atoms with Gasteiger partial charge in [-0.3, -0.25) is 4.57 Å². The highest BCUT2D eigenvalue weighted by Gasteiger charge is 2.24. The summed E-state index contributed by atoms with van der Waals surface area (Å²) in [6.45, 7) is 1.97. The maximum atomic E-state index is 12.4. The van der Waals surface area contributed by atoms with E-state index in [4.69, 9.17) is 0 Å². The van der Waals surface area contributed by atoms with Crippen molar-refractivity contribution in [1.29, 1.82) is 0 Å². The van der Waals surface area contributed by atoms with E-state index in [-0.39, 0.29) is 11.7 Å². The fraction of sp³-hybridized carbons (Fsp3) is 0.278. The van der Waals surface area contributed by atoms with E-state index in [2.05, 4.69) is 22.2 Å². The summed E-state index contributed by atoms with van der Waals surface area (Å²) in [5, 5.41) is 3.36. The molecule has 0 bridgehead atoms. The summed E-state index contributed by atoms with van der Waals surface area (Å²) in [6.07, 6.45) is 1.02. The molecule has 118 valence electrons. The molecule has 3 aromatic rings. The Morgan fingerprint density at radius 3 is 2.70 bits per heavy atom. The van der Waals surface area contributed by atoms with E-state index in [0.717, 1.165) is 41.9 Å². The number of fused-ring (bicyclic) bond motifs is 1. The van der Waals surface area contributed by atoms with E-state index < -0.39 is 0 Å². The maximum Gasteiger partial charge on any atom is 0.326 e. The molecule has 1 saturated heterocycles. The first kappa shape index (κ1) is 14.1. The van der Waals surface area contributed by atoms with Gasteiger partial charge in [0, 0.05) is 17.9 Å². The number of benzene rings is 2. The van der Waals surface area contributed by atoms with Crippen molar-refractivity contribution in [3.05, 3.63) is 59.0 Å². The van der Waals surface area contributed by atoms with Crippen LogP contribution in [0.25, 0.3) is 11.0 Å². The highest BCUT2D eigenvalue weighted by Crippen LogP contribution is 2.25. The van der Waals surface area contributed by atoms with Crippen molar-refractivity contribution in [1.82, 2.24) is 14.5 Å². The van der Waals surface area contributed by atoms with Gasteiger partial charge in [-0.2, -0.15) is 0 Å². The summed E-state index contributed by atoms with van der Waals surface area (Å²) in [4.78, 5) is 17.6. The molecule has 0 amide bonds. The van der Waals surface area contributed by atoms with Gasteiger partial charge in [-0.25, -0.2) is 4.79 Å². The Kier molecular flexibility index (Phi) is 3.42. The summed E-state index contributed by atoms with van der Waals surface area (Å²) in [5.74, 6) is 0. The molecule has 1 fully saturated rings. The second-order valence-corrected chi connectivity index (χ2v) is 6.23. The Hall–Kier alpha value is -2.53. The van der Waals surface area contributed by atoms with Gasteiger partial charge in [-0.15, -0.1) is 0 Å². The average Bonchev–Trinajstić information content (AvgIpc) is 3.10. The molecule has 1 atom stereocenters. The zero-order chi connectivity index (χ0) is 15.8. The van der Waals surface area contributed by atoms with Crippen LogP contribution in [0.5, 0.6) is 0 Å². The lowest BCUT2D eigenvalue weighted by atomic mass is 10.2. The Bertz CT molecular complexity index is 881. The topological polar surface area (TPSA) is 53.1 Å². The normalized spacial score (nSPS) is 18.6. The SMILES string of the molecule is CN1CCC(n2c(=O)[nH]c3cc(Nc4ccccc4)ccc32)C1. The number of H-pyrrole nitrogens is 1. The molecule has 5 nitrogen and oxygen atoms in total. The summed E-state index contributed by atoms with van der Waals surface area (Å²) >= 11 is 0. The lowest BCUT2D eigenvalue weighted by molar-refractivity contribution is 0.392. The monoisotopic (exact) mass is 308 g/mol. The molecular formula is C18H20N4O. The number of hydrogen-bond acceptors (Lipinski definition) is 3. The molecule has 0 aliphatic carbocycles. The minimum atomic E-state index is -0.0165. The molecule has 0 saturated carbocycles. The van der Waals surface area contributed by atoms with E-state index in [1.165, 1.54) is 0 Å². The molecule has 0 radical (unpaired) electrons. The van der Waals surface area contributed by atoms with Crippen molar-refractivity contribution < 1.29 is 0 Å². The lowest BCUT2D eigenvalue weighted by Gasteiger charge is -2.12. The maximum absolute atomic E-state index is 12.4. The highest BCUT2D eigenvalue weighted by atomic mass is 16.1. The van der Waals surface area contributed by atoms with Crippen molar-refractivity contribution in [2.45, 2.75) is 12.5 Å². The van der Waals surface area contributed by atoms with E-state index in [0.29, 0.717) is 0 Å². The molecule has 1 aromatic heterocycles. The molecule has 1 aliphatic heterocycles. The molecule has 4 rings (SSSR count). The third kappa shape index (κ3) is 2.64. The first-order chi connectivity index (χ1) is 11.2. The van der Waals surface area contributed by atoms with E-state index in [1.54, 1.807) is 0 Å². The first-order valence-corrected chi connectivity index (χ1v) is 7.95. The third-order valence-corrected chi connectivity index (χ3v) is 4.51. The van der Waals surface area contributed by atoms with Gasteiger partial charge in [0.2, 0.25) is 0 Å². The molecule has 0 spiro atoms. The Labute approximate surface area is 134 Å². The van der Waals surface area contributed by atoms with Crippen LogP contribution in [0.3, 0.4) is 0 Å². The smallest absolute Gasteiger partial charge is 0.326 e. The van der Waals surface area contributed by atoms with Crippen molar-refractivity contribution in [3.63, 3.8) is 0 Å². The van der Waals surface area contributed by atoms with Crippen molar-refractivity contribution in [2.75, 3.05) is 25.5 Å². The van der Waals surface area contributed by atoms with Crippen LogP contribution in [-0.2, 0) is 0 Å². The molecule has 2 aromatic carbocycles. The average molecular weight is 308 g/mol. The number of likely N-dealkylation sites (tertiary alicyclic amines) is 1. The van der Waals surface area contributed by atoms with Crippen LogP contribution in [0.1, 0.15) is 12.5 Å². The van der Waals surface area contributed by atoms with Crippen LogP contribution in [0.4, 0.5) is 11.4 Å². The number of hydrogen-bond donors (Lipinski definition) is 2. The summed E-state index contributed by atoms with van der Waals surface area (Å²) in [7, 11) is 2.10. The van der Waals surface area contributed by atoms with Crippen LogP contribution in [0.2, 0.25) is 0 Å². The van der Waals surface area contributed by atoms with Gasteiger partial charge in [0.05, 0.1) is 17.1 Å². The van der Waals surface area contributed by atoms with Crippen LogP contribution in [-0.4, -0.2) is 34.6 Å². The van der Waals surface area contributed by atoms with Gasteiger partial charge in [0.15, 0.2) is 0 Å². The highest BCUT2D eigenvalue weighted by molar-refractivity contribution is 5.81. The molecule has 5 heteroatoms. The first-order valence-electron chi connectivity index (χ1n) is 7.95. The molecule has 23 heavy (non-hydrogen) atoms. The molecule has 2 N–H and O–H groups in total. The fourth-order valence-corrected chi connectivity index (χ4v) is 3.38.